The largest absolute Gasteiger partial charge is 0.373 e. The van der Waals surface area contributed by atoms with E-state index in [4.69, 9.17) is 5.73 Å². The lowest BCUT2D eigenvalue weighted by molar-refractivity contribution is -0.150. The lowest BCUT2D eigenvalue weighted by Crippen LogP contribution is -2.40. The van der Waals surface area contributed by atoms with Crippen molar-refractivity contribution in [2.75, 3.05) is 6.54 Å². The number of allylic oxidation sites excluding steroid dienone is 2. The predicted octanol–water partition coefficient (Wildman–Crippen LogP) is 1.98. The Labute approximate surface area is 135 Å². The van der Waals surface area contributed by atoms with E-state index in [1.54, 1.807) is 0 Å². The van der Waals surface area contributed by atoms with Crippen molar-refractivity contribution in [1.29, 1.82) is 0 Å². The van der Waals surface area contributed by atoms with E-state index in [1.165, 1.54) is 11.8 Å². The molecule has 0 saturated carbocycles. The Morgan fingerprint density at radius 1 is 1.36 bits per heavy atom. The average molecular weight is 324 g/mol. The zero-order valence-corrected chi connectivity index (χ0v) is 13.6. The minimum Gasteiger partial charge on any atom is -0.373 e. The first-order valence-corrected chi connectivity index (χ1v) is 8.70. The van der Waals surface area contributed by atoms with E-state index < -0.39 is 12.1 Å². The second kappa shape index (κ2) is 7.94. The van der Waals surface area contributed by atoms with Gasteiger partial charge in [-0.3, -0.25) is 14.5 Å². The number of hydrogen-bond acceptors (Lipinski definition) is 5. The highest BCUT2D eigenvalue weighted by Crippen LogP contribution is 2.41. The molecule has 3 atom stereocenters. The van der Waals surface area contributed by atoms with E-state index >= 15 is 0 Å². The standard InChI is InChI=1S/C16H24N2O3S/c1-11-12(7-9-22-11)13-10-15(20)18(16(13)21)14(19)6-4-2-3-5-8-17/h7,9,12-14,19H,1-6,8,10,17H2. The van der Waals surface area contributed by atoms with Crippen molar-refractivity contribution in [2.24, 2.45) is 17.6 Å². The summed E-state index contributed by atoms with van der Waals surface area (Å²) in [6.45, 7) is 4.60. The summed E-state index contributed by atoms with van der Waals surface area (Å²) < 4.78 is 0. The highest BCUT2D eigenvalue weighted by Gasteiger charge is 2.45. The molecule has 0 radical (unpaired) electrons. The fraction of sp³-hybridized carbons (Fsp3) is 0.625. The molecule has 5 nitrogen and oxygen atoms in total. The molecule has 6 heteroatoms. The van der Waals surface area contributed by atoms with Crippen LogP contribution in [0.15, 0.2) is 23.0 Å². The van der Waals surface area contributed by atoms with Crippen molar-refractivity contribution in [3.63, 3.8) is 0 Å². The summed E-state index contributed by atoms with van der Waals surface area (Å²) in [4.78, 5) is 26.5. The van der Waals surface area contributed by atoms with Gasteiger partial charge in [-0.1, -0.05) is 25.5 Å². The van der Waals surface area contributed by atoms with Gasteiger partial charge in [0.15, 0.2) is 0 Å². The number of carbonyl (C=O) groups is 2. The maximum Gasteiger partial charge on any atom is 0.235 e. The number of unbranched alkanes of at least 4 members (excludes halogenated alkanes) is 3. The molecule has 122 valence electrons. The van der Waals surface area contributed by atoms with Crippen LogP contribution in [0.2, 0.25) is 0 Å². The summed E-state index contributed by atoms with van der Waals surface area (Å²) in [6.07, 6.45) is 5.23. The number of likely N-dealkylation sites (tertiary alicyclic amines) is 1. The highest BCUT2D eigenvalue weighted by molar-refractivity contribution is 8.06. The maximum atomic E-state index is 12.5. The Bertz CT molecular complexity index is 478. The second-order valence-corrected chi connectivity index (χ2v) is 6.86. The molecule has 1 fully saturated rings. The van der Waals surface area contributed by atoms with Gasteiger partial charge < -0.3 is 10.8 Å². The van der Waals surface area contributed by atoms with Crippen molar-refractivity contribution >= 4 is 23.6 Å². The Kier molecular flexibility index (Phi) is 6.23. The first kappa shape index (κ1) is 17.2. The zero-order valence-electron chi connectivity index (χ0n) is 12.7. The lowest BCUT2D eigenvalue weighted by atomic mass is 9.91. The molecule has 0 spiro atoms. The lowest BCUT2D eigenvalue weighted by Gasteiger charge is -2.23. The molecule has 3 unspecified atom stereocenters. The van der Waals surface area contributed by atoms with E-state index in [2.05, 4.69) is 6.58 Å². The average Bonchev–Trinajstić information content (AvgIpc) is 3.02. The molecule has 2 heterocycles. The molecule has 2 aliphatic rings. The van der Waals surface area contributed by atoms with Crippen LogP contribution in [0.5, 0.6) is 0 Å². The number of imide groups is 1. The highest BCUT2D eigenvalue weighted by atomic mass is 32.2. The molecule has 0 aromatic rings. The smallest absolute Gasteiger partial charge is 0.235 e. The van der Waals surface area contributed by atoms with Gasteiger partial charge in [0, 0.05) is 12.3 Å². The molecule has 22 heavy (non-hydrogen) atoms. The molecular weight excluding hydrogens is 300 g/mol. The summed E-state index contributed by atoms with van der Waals surface area (Å²) in [6, 6.07) is 0. The SMILES string of the molecule is C=C1SC=CC1C1CC(=O)N(C(O)CCCCCCN)C1=O. The van der Waals surface area contributed by atoms with Crippen molar-refractivity contribution in [1.82, 2.24) is 4.90 Å². The van der Waals surface area contributed by atoms with Crippen molar-refractivity contribution in [2.45, 2.75) is 44.8 Å². The molecule has 0 bridgehead atoms. The number of aliphatic hydroxyl groups is 1. The molecule has 2 aliphatic heterocycles. The minimum atomic E-state index is -1.01. The van der Waals surface area contributed by atoms with Gasteiger partial charge in [0.2, 0.25) is 11.8 Å². The summed E-state index contributed by atoms with van der Waals surface area (Å²) in [5.74, 6) is -1.04. The minimum absolute atomic E-state index is 0.0943. The van der Waals surface area contributed by atoms with Gasteiger partial charge in [0.25, 0.3) is 0 Å². The number of thioether (sulfide) groups is 1. The fourth-order valence-corrected chi connectivity index (χ4v) is 3.80. The Morgan fingerprint density at radius 2 is 2.09 bits per heavy atom. The van der Waals surface area contributed by atoms with Crippen LogP contribution in [0.1, 0.15) is 38.5 Å². The third kappa shape index (κ3) is 3.80. The topological polar surface area (TPSA) is 83.6 Å². The van der Waals surface area contributed by atoms with Crippen molar-refractivity contribution < 1.29 is 14.7 Å². The summed E-state index contributed by atoms with van der Waals surface area (Å²) >= 11 is 1.50. The van der Waals surface area contributed by atoms with Crippen LogP contribution >= 0.6 is 11.8 Å². The van der Waals surface area contributed by atoms with Gasteiger partial charge >= 0.3 is 0 Å². The second-order valence-electron chi connectivity index (χ2n) is 5.82. The number of nitrogens with two attached hydrogens (primary N) is 1. The van der Waals surface area contributed by atoms with Gasteiger partial charge in [-0.2, -0.15) is 0 Å². The van der Waals surface area contributed by atoms with Crippen LogP contribution in [-0.2, 0) is 9.59 Å². The summed E-state index contributed by atoms with van der Waals surface area (Å²) in [5, 5.41) is 12.1. The summed E-state index contributed by atoms with van der Waals surface area (Å²) in [5.41, 5.74) is 5.43. The summed E-state index contributed by atoms with van der Waals surface area (Å²) in [7, 11) is 0. The van der Waals surface area contributed by atoms with Crippen LogP contribution in [0.25, 0.3) is 0 Å². The molecule has 1 saturated heterocycles. The van der Waals surface area contributed by atoms with Gasteiger partial charge in [-0.15, -0.1) is 11.8 Å². The van der Waals surface area contributed by atoms with E-state index in [1.807, 2.05) is 11.5 Å². The van der Waals surface area contributed by atoms with Crippen LogP contribution in [-0.4, -0.2) is 34.6 Å². The van der Waals surface area contributed by atoms with E-state index in [9.17, 15) is 14.7 Å². The van der Waals surface area contributed by atoms with E-state index in [0.717, 1.165) is 35.5 Å². The monoisotopic (exact) mass is 324 g/mol. The van der Waals surface area contributed by atoms with Crippen LogP contribution in [0.3, 0.4) is 0 Å². The first-order valence-electron chi connectivity index (χ1n) is 7.82. The quantitative estimate of drug-likeness (QED) is 0.527. The molecule has 0 aliphatic carbocycles. The third-order valence-electron chi connectivity index (χ3n) is 4.24. The van der Waals surface area contributed by atoms with E-state index in [0.29, 0.717) is 13.0 Å². The predicted molar refractivity (Wildman–Crippen MR) is 87.5 cm³/mol. The first-order chi connectivity index (χ1) is 10.6. The number of amides is 2. The number of rotatable bonds is 8. The normalized spacial score (nSPS) is 26.3. The van der Waals surface area contributed by atoms with Gasteiger partial charge in [-0.05, 0) is 36.1 Å². The molecule has 2 rings (SSSR count). The van der Waals surface area contributed by atoms with Crippen LogP contribution in [0.4, 0.5) is 0 Å². The molecule has 2 amide bonds. The van der Waals surface area contributed by atoms with Crippen LogP contribution < -0.4 is 5.73 Å². The van der Waals surface area contributed by atoms with Crippen molar-refractivity contribution in [3.05, 3.63) is 23.0 Å². The van der Waals surface area contributed by atoms with Gasteiger partial charge in [-0.25, -0.2) is 0 Å². The molecular formula is C16H24N2O3S. The van der Waals surface area contributed by atoms with E-state index in [-0.39, 0.29) is 24.2 Å². The molecule has 0 aromatic heterocycles. The van der Waals surface area contributed by atoms with Crippen LogP contribution in [0, 0.1) is 11.8 Å². The number of carbonyl (C=O) groups excluding carboxylic acids is 2. The number of aliphatic hydroxyl groups excluding tert-OH is 1. The number of nitrogens with zero attached hydrogens (tertiary/aromatic N) is 1. The molecule has 0 aromatic carbocycles. The Hall–Kier alpha value is -1.11. The number of hydrogen-bond donors (Lipinski definition) is 2. The van der Waals surface area contributed by atoms with Gasteiger partial charge in [0.05, 0.1) is 5.92 Å². The maximum absolute atomic E-state index is 12.5. The molecule has 3 N–H and O–H groups in total. The fourth-order valence-electron chi connectivity index (χ4n) is 2.98. The Balaban J connectivity index is 1.88. The van der Waals surface area contributed by atoms with Crippen molar-refractivity contribution in [3.8, 4) is 0 Å². The van der Waals surface area contributed by atoms with Gasteiger partial charge in [0.1, 0.15) is 6.23 Å². The Morgan fingerprint density at radius 3 is 2.73 bits per heavy atom. The zero-order chi connectivity index (χ0) is 16.1. The third-order valence-corrected chi connectivity index (χ3v) is 5.11.